The van der Waals surface area contributed by atoms with Crippen LogP contribution in [-0.4, -0.2) is 42.6 Å². The van der Waals surface area contributed by atoms with E-state index in [4.69, 9.17) is 4.74 Å². The lowest BCUT2D eigenvalue weighted by atomic mass is 9.82. The number of hydrogen-bond acceptors (Lipinski definition) is 3. The van der Waals surface area contributed by atoms with Crippen LogP contribution in [0, 0.1) is 5.82 Å². The Morgan fingerprint density at radius 2 is 2.04 bits per heavy atom. The van der Waals surface area contributed by atoms with E-state index in [-0.39, 0.29) is 17.6 Å². The molecule has 2 heterocycles. The van der Waals surface area contributed by atoms with Gasteiger partial charge in [0.25, 0.3) is 0 Å². The highest BCUT2D eigenvalue weighted by molar-refractivity contribution is 5.77. The fraction of sp³-hybridized carbons (Fsp3) is 0.381. The summed E-state index contributed by atoms with van der Waals surface area (Å²) in [4.78, 5) is 14.6. The van der Waals surface area contributed by atoms with Crippen LogP contribution in [0.3, 0.4) is 0 Å². The van der Waals surface area contributed by atoms with Gasteiger partial charge in [-0.1, -0.05) is 42.5 Å². The van der Waals surface area contributed by atoms with E-state index >= 15 is 0 Å². The zero-order valence-electron chi connectivity index (χ0n) is 14.7. The van der Waals surface area contributed by atoms with Gasteiger partial charge in [0.2, 0.25) is 5.91 Å². The molecule has 26 heavy (non-hydrogen) atoms. The number of carbonyl (C=O) groups is 1. The number of benzene rings is 2. The molecular formula is C21H23FN2O2. The molecule has 136 valence electrons. The quantitative estimate of drug-likeness (QED) is 0.922. The van der Waals surface area contributed by atoms with Crippen molar-refractivity contribution in [3.63, 3.8) is 0 Å². The highest BCUT2D eigenvalue weighted by atomic mass is 19.1. The van der Waals surface area contributed by atoms with Crippen molar-refractivity contribution in [2.45, 2.75) is 24.4 Å². The Morgan fingerprint density at radius 3 is 2.85 bits per heavy atom. The maximum absolute atomic E-state index is 13.8. The number of likely N-dealkylation sites (tertiary alicyclic amines) is 1. The van der Waals surface area contributed by atoms with Gasteiger partial charge in [-0.2, -0.15) is 0 Å². The fourth-order valence-electron chi connectivity index (χ4n) is 4.18. The molecule has 2 aromatic rings. The number of carbonyl (C=O) groups excluding carboxylic acids is 1. The lowest BCUT2D eigenvalue weighted by Gasteiger charge is -2.34. The highest BCUT2D eigenvalue weighted by Crippen LogP contribution is 2.38. The van der Waals surface area contributed by atoms with E-state index in [0.717, 1.165) is 18.7 Å². The van der Waals surface area contributed by atoms with Gasteiger partial charge in [0.05, 0.1) is 18.8 Å². The smallest absolute Gasteiger partial charge is 0.222 e. The predicted molar refractivity (Wildman–Crippen MR) is 97.2 cm³/mol. The summed E-state index contributed by atoms with van der Waals surface area (Å²) >= 11 is 0. The second-order valence-corrected chi connectivity index (χ2v) is 7.27. The molecule has 1 amide bonds. The van der Waals surface area contributed by atoms with Crippen molar-refractivity contribution in [1.82, 2.24) is 10.2 Å². The van der Waals surface area contributed by atoms with Crippen molar-refractivity contribution in [3.05, 3.63) is 71.5 Å². The first-order valence-corrected chi connectivity index (χ1v) is 9.05. The molecule has 0 saturated carbocycles. The number of nitrogens with one attached hydrogen (secondary N) is 1. The van der Waals surface area contributed by atoms with Crippen LogP contribution in [0.5, 0.6) is 0 Å². The molecule has 4 rings (SSSR count). The van der Waals surface area contributed by atoms with Gasteiger partial charge < -0.3 is 10.1 Å². The molecule has 2 saturated heterocycles. The van der Waals surface area contributed by atoms with E-state index in [1.54, 1.807) is 12.1 Å². The molecule has 2 aromatic carbocycles. The summed E-state index contributed by atoms with van der Waals surface area (Å²) in [7, 11) is 0. The second-order valence-electron chi connectivity index (χ2n) is 7.27. The average Bonchev–Trinajstić information content (AvgIpc) is 2.85. The molecule has 1 N–H and O–H groups in total. The summed E-state index contributed by atoms with van der Waals surface area (Å²) in [6, 6.07) is 17.0. The average molecular weight is 354 g/mol. The Kier molecular flexibility index (Phi) is 4.74. The number of amides is 1. The topological polar surface area (TPSA) is 41.6 Å². The molecule has 0 aliphatic carbocycles. The van der Waals surface area contributed by atoms with Crippen LogP contribution in [0.15, 0.2) is 54.6 Å². The van der Waals surface area contributed by atoms with Gasteiger partial charge in [0.1, 0.15) is 5.82 Å². The molecule has 2 fully saturated rings. The fourth-order valence-corrected chi connectivity index (χ4v) is 4.18. The zero-order chi connectivity index (χ0) is 18.0. The third-order valence-electron chi connectivity index (χ3n) is 5.34. The van der Waals surface area contributed by atoms with Crippen LogP contribution in [0.4, 0.5) is 4.39 Å². The Bertz CT molecular complexity index is 783. The number of ether oxygens (including phenoxy) is 1. The number of halogens is 1. The van der Waals surface area contributed by atoms with Crippen molar-refractivity contribution in [1.29, 1.82) is 0 Å². The SMILES string of the molecule is O=C1CCOC[C@]2(CN(Cc3ccccc3)C[C@H]2c2cccc(F)c2)N1. The lowest BCUT2D eigenvalue weighted by Crippen LogP contribution is -2.55. The molecule has 2 atom stereocenters. The minimum absolute atomic E-state index is 0.00506. The van der Waals surface area contributed by atoms with Crippen LogP contribution in [0.25, 0.3) is 0 Å². The minimum atomic E-state index is -0.518. The predicted octanol–water partition coefficient (Wildman–Crippen LogP) is 2.70. The second kappa shape index (κ2) is 7.17. The van der Waals surface area contributed by atoms with Crippen molar-refractivity contribution < 1.29 is 13.9 Å². The number of rotatable bonds is 3. The molecular weight excluding hydrogens is 331 g/mol. The molecule has 0 radical (unpaired) electrons. The van der Waals surface area contributed by atoms with E-state index in [1.807, 2.05) is 24.3 Å². The highest BCUT2D eigenvalue weighted by Gasteiger charge is 2.49. The van der Waals surface area contributed by atoms with E-state index in [1.165, 1.54) is 11.6 Å². The van der Waals surface area contributed by atoms with Crippen molar-refractivity contribution in [2.24, 2.45) is 0 Å². The standard InChI is InChI=1S/C21H23FN2O2/c22-18-8-4-7-17(11-18)19-13-24(12-16-5-2-1-3-6-16)14-21(19)15-26-10-9-20(25)23-21/h1-8,11,19H,9-10,12-15H2,(H,23,25)/t19-,21-/m0/s1. The Morgan fingerprint density at radius 1 is 1.19 bits per heavy atom. The summed E-state index contributed by atoms with van der Waals surface area (Å²) in [5.74, 6) is -0.255. The van der Waals surface area contributed by atoms with Crippen molar-refractivity contribution in [2.75, 3.05) is 26.3 Å². The molecule has 4 nitrogen and oxygen atoms in total. The molecule has 0 bridgehead atoms. The molecule has 2 aliphatic rings. The Hall–Kier alpha value is -2.24. The maximum Gasteiger partial charge on any atom is 0.222 e. The van der Waals surface area contributed by atoms with Crippen molar-refractivity contribution >= 4 is 5.91 Å². The third kappa shape index (κ3) is 3.50. The van der Waals surface area contributed by atoms with E-state index in [2.05, 4.69) is 22.3 Å². The largest absolute Gasteiger partial charge is 0.378 e. The molecule has 1 spiro atoms. The van der Waals surface area contributed by atoms with E-state index in [0.29, 0.717) is 26.2 Å². The maximum atomic E-state index is 13.8. The molecule has 0 unspecified atom stereocenters. The zero-order valence-corrected chi connectivity index (χ0v) is 14.7. The van der Waals surface area contributed by atoms with Crippen LogP contribution in [-0.2, 0) is 16.1 Å². The summed E-state index contributed by atoms with van der Waals surface area (Å²) in [6.07, 6.45) is 0.371. The van der Waals surface area contributed by atoms with Gasteiger partial charge in [0, 0.05) is 32.0 Å². The van der Waals surface area contributed by atoms with Gasteiger partial charge in [-0.05, 0) is 23.3 Å². The van der Waals surface area contributed by atoms with Crippen LogP contribution >= 0.6 is 0 Å². The third-order valence-corrected chi connectivity index (χ3v) is 5.34. The van der Waals surface area contributed by atoms with Crippen LogP contribution < -0.4 is 5.32 Å². The van der Waals surface area contributed by atoms with Gasteiger partial charge in [0.15, 0.2) is 0 Å². The van der Waals surface area contributed by atoms with Gasteiger partial charge in [-0.25, -0.2) is 4.39 Å². The normalized spacial score (nSPS) is 26.7. The molecule has 5 heteroatoms. The first kappa shape index (κ1) is 17.2. The minimum Gasteiger partial charge on any atom is -0.378 e. The summed E-state index contributed by atoms with van der Waals surface area (Å²) in [5, 5.41) is 3.21. The van der Waals surface area contributed by atoms with Crippen molar-refractivity contribution in [3.8, 4) is 0 Å². The molecule has 0 aromatic heterocycles. The first-order valence-electron chi connectivity index (χ1n) is 9.05. The first-order chi connectivity index (χ1) is 12.6. The summed E-state index contributed by atoms with van der Waals surface area (Å²) in [6.45, 7) is 3.12. The van der Waals surface area contributed by atoms with Crippen LogP contribution in [0.1, 0.15) is 23.5 Å². The Balaban J connectivity index is 1.65. The van der Waals surface area contributed by atoms with Gasteiger partial charge >= 0.3 is 0 Å². The van der Waals surface area contributed by atoms with Gasteiger partial charge in [-0.3, -0.25) is 9.69 Å². The van der Waals surface area contributed by atoms with Crippen LogP contribution in [0.2, 0.25) is 0 Å². The summed E-state index contributed by atoms with van der Waals surface area (Å²) in [5.41, 5.74) is 1.62. The number of hydrogen-bond donors (Lipinski definition) is 1. The van der Waals surface area contributed by atoms with E-state index in [9.17, 15) is 9.18 Å². The van der Waals surface area contributed by atoms with Gasteiger partial charge in [-0.15, -0.1) is 0 Å². The summed E-state index contributed by atoms with van der Waals surface area (Å²) < 4.78 is 19.6. The lowest BCUT2D eigenvalue weighted by molar-refractivity contribution is -0.122. The monoisotopic (exact) mass is 354 g/mol. The molecule has 2 aliphatic heterocycles. The Labute approximate surface area is 153 Å². The van der Waals surface area contributed by atoms with E-state index < -0.39 is 5.54 Å². The number of nitrogens with zero attached hydrogens (tertiary/aromatic N) is 1.